The van der Waals surface area contributed by atoms with Crippen LogP contribution in [0.15, 0.2) is 48.8 Å². The van der Waals surface area contributed by atoms with E-state index in [1.54, 1.807) is 38.5 Å². The molecule has 0 saturated heterocycles. The highest BCUT2D eigenvalue weighted by atomic mass is 19.4. The Kier molecular flexibility index (Phi) is 5.17. The summed E-state index contributed by atoms with van der Waals surface area (Å²) in [6.07, 6.45) is -1.50. The number of aromatic nitrogens is 3. The van der Waals surface area contributed by atoms with E-state index in [2.05, 4.69) is 10.1 Å². The number of halogens is 4. The SMILES string of the molecule is CN(C)C(=O)c1ccn(-c2cc(Cc3cc(F)cc(C(F)(F)F)c3)ccn2)n1. The molecule has 0 aliphatic rings. The highest BCUT2D eigenvalue weighted by Gasteiger charge is 2.31. The molecule has 0 spiro atoms. The van der Waals surface area contributed by atoms with Gasteiger partial charge in [-0.3, -0.25) is 4.79 Å². The predicted octanol–water partition coefficient (Wildman–Crippen LogP) is 3.72. The van der Waals surface area contributed by atoms with Gasteiger partial charge in [0.25, 0.3) is 5.91 Å². The second-order valence-corrected chi connectivity index (χ2v) is 6.39. The maximum atomic E-state index is 13.6. The van der Waals surface area contributed by atoms with Crippen LogP contribution in [0.1, 0.15) is 27.2 Å². The van der Waals surface area contributed by atoms with Crippen molar-refractivity contribution in [2.75, 3.05) is 14.1 Å². The molecule has 2 heterocycles. The fourth-order valence-electron chi connectivity index (χ4n) is 2.64. The average Bonchev–Trinajstić information content (AvgIpc) is 3.10. The van der Waals surface area contributed by atoms with Crippen LogP contribution in [0.3, 0.4) is 0 Å². The monoisotopic (exact) mass is 392 g/mol. The fraction of sp³-hybridized carbons (Fsp3) is 0.211. The van der Waals surface area contributed by atoms with E-state index in [0.29, 0.717) is 17.4 Å². The molecule has 146 valence electrons. The number of nitrogens with zero attached hydrogens (tertiary/aromatic N) is 4. The average molecular weight is 392 g/mol. The largest absolute Gasteiger partial charge is 0.416 e. The van der Waals surface area contributed by atoms with Crippen LogP contribution in [0.5, 0.6) is 0 Å². The van der Waals surface area contributed by atoms with Gasteiger partial charge in [-0.05, 0) is 53.9 Å². The molecule has 3 rings (SSSR count). The lowest BCUT2D eigenvalue weighted by Gasteiger charge is -2.10. The van der Waals surface area contributed by atoms with E-state index >= 15 is 0 Å². The van der Waals surface area contributed by atoms with Gasteiger partial charge in [0.15, 0.2) is 11.5 Å². The molecule has 1 aromatic carbocycles. The van der Waals surface area contributed by atoms with Crippen molar-refractivity contribution in [2.24, 2.45) is 0 Å². The zero-order chi connectivity index (χ0) is 20.5. The Morgan fingerprint density at radius 2 is 1.86 bits per heavy atom. The lowest BCUT2D eigenvalue weighted by Crippen LogP contribution is -2.22. The van der Waals surface area contributed by atoms with Gasteiger partial charge in [-0.2, -0.15) is 18.3 Å². The Morgan fingerprint density at radius 3 is 2.54 bits per heavy atom. The van der Waals surface area contributed by atoms with Crippen LogP contribution in [0.2, 0.25) is 0 Å². The van der Waals surface area contributed by atoms with E-state index in [1.807, 2.05) is 0 Å². The summed E-state index contributed by atoms with van der Waals surface area (Å²) in [5.41, 5.74) is 0.0148. The topological polar surface area (TPSA) is 51.0 Å². The molecule has 0 N–H and O–H groups in total. The number of rotatable bonds is 4. The normalized spacial score (nSPS) is 11.5. The summed E-state index contributed by atoms with van der Waals surface area (Å²) in [5, 5.41) is 4.16. The Balaban J connectivity index is 1.87. The number of hydrogen-bond acceptors (Lipinski definition) is 3. The maximum absolute atomic E-state index is 13.6. The van der Waals surface area contributed by atoms with Crippen molar-refractivity contribution in [2.45, 2.75) is 12.6 Å². The van der Waals surface area contributed by atoms with Crippen molar-refractivity contribution < 1.29 is 22.4 Å². The molecular weight excluding hydrogens is 376 g/mol. The highest BCUT2D eigenvalue weighted by Crippen LogP contribution is 2.31. The minimum absolute atomic E-state index is 0.0844. The van der Waals surface area contributed by atoms with E-state index < -0.39 is 17.6 Å². The number of alkyl halides is 3. The molecule has 0 aliphatic heterocycles. The summed E-state index contributed by atoms with van der Waals surface area (Å²) < 4.78 is 53.6. The molecule has 0 unspecified atom stereocenters. The van der Waals surface area contributed by atoms with E-state index in [-0.39, 0.29) is 23.6 Å². The van der Waals surface area contributed by atoms with Crippen LogP contribution in [0, 0.1) is 5.82 Å². The smallest absolute Gasteiger partial charge is 0.343 e. The van der Waals surface area contributed by atoms with Gasteiger partial charge >= 0.3 is 6.18 Å². The summed E-state index contributed by atoms with van der Waals surface area (Å²) in [6, 6.07) is 7.24. The van der Waals surface area contributed by atoms with Crippen LogP contribution in [0.4, 0.5) is 17.6 Å². The number of amides is 1. The Morgan fingerprint density at radius 1 is 1.11 bits per heavy atom. The Bertz CT molecular complexity index is 1010. The maximum Gasteiger partial charge on any atom is 0.416 e. The lowest BCUT2D eigenvalue weighted by atomic mass is 10.0. The van der Waals surface area contributed by atoms with Crippen LogP contribution in [-0.4, -0.2) is 39.7 Å². The second kappa shape index (κ2) is 7.41. The quantitative estimate of drug-likeness (QED) is 0.636. The zero-order valence-corrected chi connectivity index (χ0v) is 15.0. The van der Waals surface area contributed by atoms with Gasteiger partial charge in [0.1, 0.15) is 5.82 Å². The van der Waals surface area contributed by atoms with E-state index in [1.165, 1.54) is 15.8 Å². The second-order valence-electron chi connectivity index (χ2n) is 6.39. The summed E-state index contributed by atoms with van der Waals surface area (Å²) in [4.78, 5) is 17.5. The van der Waals surface area contributed by atoms with E-state index in [0.717, 1.165) is 12.1 Å². The summed E-state index contributed by atoms with van der Waals surface area (Å²) >= 11 is 0. The molecule has 28 heavy (non-hydrogen) atoms. The van der Waals surface area contributed by atoms with E-state index in [4.69, 9.17) is 0 Å². The molecule has 0 atom stereocenters. The van der Waals surface area contributed by atoms with Gasteiger partial charge in [-0.25, -0.2) is 14.1 Å². The van der Waals surface area contributed by atoms with Crippen molar-refractivity contribution in [3.8, 4) is 5.82 Å². The minimum Gasteiger partial charge on any atom is -0.343 e. The van der Waals surface area contributed by atoms with Crippen LogP contribution in [-0.2, 0) is 12.6 Å². The van der Waals surface area contributed by atoms with Crippen molar-refractivity contribution in [1.29, 1.82) is 0 Å². The number of pyridine rings is 1. The molecular formula is C19H16F4N4O. The molecule has 0 bridgehead atoms. The van der Waals surface area contributed by atoms with Crippen molar-refractivity contribution in [1.82, 2.24) is 19.7 Å². The van der Waals surface area contributed by atoms with Gasteiger partial charge in [0.2, 0.25) is 0 Å². The molecule has 9 heteroatoms. The van der Waals surface area contributed by atoms with Crippen molar-refractivity contribution in [3.05, 3.63) is 77.0 Å². The first-order valence-corrected chi connectivity index (χ1v) is 8.23. The summed E-state index contributed by atoms with van der Waals surface area (Å²) in [5.74, 6) is -0.824. The number of hydrogen-bond donors (Lipinski definition) is 0. The molecule has 0 fully saturated rings. The molecule has 0 aliphatic carbocycles. The van der Waals surface area contributed by atoms with Gasteiger partial charge in [0.05, 0.1) is 5.56 Å². The molecule has 3 aromatic rings. The molecule has 0 radical (unpaired) electrons. The van der Waals surface area contributed by atoms with Crippen LogP contribution >= 0.6 is 0 Å². The summed E-state index contributed by atoms with van der Waals surface area (Å²) in [7, 11) is 3.21. The van der Waals surface area contributed by atoms with Crippen molar-refractivity contribution >= 4 is 5.91 Å². The third-order valence-corrected chi connectivity index (χ3v) is 3.95. The summed E-state index contributed by atoms with van der Waals surface area (Å²) in [6.45, 7) is 0. The molecule has 5 nitrogen and oxygen atoms in total. The zero-order valence-electron chi connectivity index (χ0n) is 15.0. The number of benzene rings is 1. The van der Waals surface area contributed by atoms with Crippen molar-refractivity contribution in [3.63, 3.8) is 0 Å². The predicted molar refractivity (Wildman–Crippen MR) is 93.6 cm³/mol. The third kappa shape index (κ3) is 4.36. The van der Waals surface area contributed by atoms with Crippen LogP contribution < -0.4 is 0 Å². The first-order chi connectivity index (χ1) is 13.1. The Hall–Kier alpha value is -3.23. The number of carbonyl (C=O) groups is 1. The lowest BCUT2D eigenvalue weighted by molar-refractivity contribution is -0.137. The molecule has 1 amide bonds. The third-order valence-electron chi connectivity index (χ3n) is 3.95. The highest BCUT2D eigenvalue weighted by molar-refractivity contribution is 5.91. The molecule has 0 saturated carbocycles. The fourth-order valence-corrected chi connectivity index (χ4v) is 2.64. The number of carbonyl (C=O) groups excluding carboxylic acids is 1. The Labute approximate surface area is 158 Å². The van der Waals surface area contributed by atoms with E-state index in [9.17, 15) is 22.4 Å². The first kappa shape index (κ1) is 19.5. The minimum atomic E-state index is -4.62. The van der Waals surface area contributed by atoms with Gasteiger partial charge < -0.3 is 4.90 Å². The first-order valence-electron chi connectivity index (χ1n) is 8.23. The van der Waals surface area contributed by atoms with Crippen LogP contribution in [0.25, 0.3) is 5.82 Å². The van der Waals surface area contributed by atoms with Gasteiger partial charge in [-0.15, -0.1) is 0 Å². The standard InChI is InChI=1S/C19H16F4N4O/c1-26(2)18(28)16-4-6-27(25-16)17-10-12(3-5-24-17)7-13-8-14(19(21,22)23)11-15(20)9-13/h3-6,8-11H,7H2,1-2H3. The van der Waals surface area contributed by atoms with Gasteiger partial charge in [0, 0.05) is 26.5 Å². The van der Waals surface area contributed by atoms with Gasteiger partial charge in [-0.1, -0.05) is 0 Å². The molecule has 2 aromatic heterocycles.